The fraction of sp³-hybridized carbons (Fsp3) is 0.600. The van der Waals surface area contributed by atoms with Crippen molar-refractivity contribution in [2.75, 3.05) is 26.0 Å². The van der Waals surface area contributed by atoms with Crippen molar-refractivity contribution in [3.63, 3.8) is 0 Å². The van der Waals surface area contributed by atoms with Crippen molar-refractivity contribution in [1.82, 2.24) is 15.5 Å². The van der Waals surface area contributed by atoms with Gasteiger partial charge in [-0.2, -0.15) is 5.10 Å². The number of aliphatic hydroxyl groups is 1. The third-order valence-corrected chi connectivity index (χ3v) is 2.31. The lowest BCUT2D eigenvalue weighted by atomic mass is 10.2. The molecule has 1 aromatic rings. The second-order valence-corrected chi connectivity index (χ2v) is 3.64. The first-order valence-corrected chi connectivity index (χ1v) is 5.38. The first kappa shape index (κ1) is 13.5. The maximum Gasteiger partial charge on any atom is 0.274 e. The topological polar surface area (TPSA) is 113 Å². The predicted molar refractivity (Wildman–Crippen MR) is 62.6 cm³/mol. The van der Waals surface area contributed by atoms with E-state index in [0.29, 0.717) is 12.1 Å². The minimum atomic E-state index is -0.741. The number of hydrogen-bond donors (Lipinski definition) is 4. The highest BCUT2D eigenvalue weighted by molar-refractivity contribution is 5.97. The first-order valence-electron chi connectivity index (χ1n) is 5.38. The normalized spacial score (nSPS) is 12.4. The molecule has 96 valence electrons. The zero-order valence-corrected chi connectivity index (χ0v) is 9.99. The summed E-state index contributed by atoms with van der Waals surface area (Å²) < 4.78 is 4.74. The second kappa shape index (κ2) is 6.21. The number of rotatable bonds is 6. The number of amides is 1. The summed E-state index contributed by atoms with van der Waals surface area (Å²) in [5, 5.41) is 18.4. The third-order valence-electron chi connectivity index (χ3n) is 2.31. The average Bonchev–Trinajstić information content (AvgIpc) is 2.68. The molecule has 0 saturated carbocycles. The van der Waals surface area contributed by atoms with E-state index in [-0.39, 0.29) is 18.8 Å². The molecule has 1 aromatic heterocycles. The van der Waals surface area contributed by atoms with Crippen LogP contribution in [-0.2, 0) is 11.2 Å². The molecular formula is C10H18N4O3. The maximum atomic E-state index is 11.7. The number of ether oxygens (including phenoxy) is 1. The van der Waals surface area contributed by atoms with Crippen LogP contribution < -0.4 is 11.1 Å². The average molecular weight is 242 g/mol. The Balaban J connectivity index is 2.55. The van der Waals surface area contributed by atoms with Gasteiger partial charge in [-0.1, -0.05) is 6.92 Å². The summed E-state index contributed by atoms with van der Waals surface area (Å²) in [7, 11) is 1.48. The molecule has 0 fully saturated rings. The standard InChI is InChI=1S/C10H18N4O3/c1-3-7-8(11)9(14-13-7)10(16)12-4-6(15)5-17-2/h6,15H,3-5,11H2,1-2H3,(H,12,16)(H,13,14). The van der Waals surface area contributed by atoms with Gasteiger partial charge in [0.2, 0.25) is 0 Å². The van der Waals surface area contributed by atoms with Gasteiger partial charge in [0.25, 0.3) is 5.91 Å². The van der Waals surface area contributed by atoms with Crippen LogP contribution >= 0.6 is 0 Å². The Bertz CT molecular complexity index is 378. The van der Waals surface area contributed by atoms with E-state index < -0.39 is 12.0 Å². The smallest absolute Gasteiger partial charge is 0.274 e. The molecule has 0 aliphatic carbocycles. The van der Waals surface area contributed by atoms with E-state index in [1.165, 1.54) is 7.11 Å². The van der Waals surface area contributed by atoms with Crippen molar-refractivity contribution < 1.29 is 14.6 Å². The Kier molecular flexibility index (Phi) is 4.92. The summed E-state index contributed by atoms with van der Waals surface area (Å²) in [4.78, 5) is 11.7. The molecule has 0 aliphatic heterocycles. The van der Waals surface area contributed by atoms with Gasteiger partial charge in [0.05, 0.1) is 24.1 Å². The summed E-state index contributed by atoms with van der Waals surface area (Å²) in [6, 6.07) is 0. The van der Waals surface area contributed by atoms with Gasteiger partial charge in [-0.25, -0.2) is 0 Å². The molecule has 0 bridgehead atoms. The zero-order chi connectivity index (χ0) is 12.8. The quantitative estimate of drug-likeness (QED) is 0.526. The summed E-state index contributed by atoms with van der Waals surface area (Å²) in [6.45, 7) is 2.17. The summed E-state index contributed by atoms with van der Waals surface area (Å²) in [6.07, 6.45) is -0.0620. The molecule has 1 heterocycles. The molecule has 1 atom stereocenters. The molecule has 1 rings (SSSR count). The van der Waals surface area contributed by atoms with Gasteiger partial charge in [0, 0.05) is 13.7 Å². The number of nitrogens with one attached hydrogen (secondary N) is 2. The predicted octanol–water partition coefficient (Wildman–Crippen LogP) is -0.709. The van der Waals surface area contributed by atoms with E-state index in [1.807, 2.05) is 6.92 Å². The number of aryl methyl sites for hydroxylation is 1. The van der Waals surface area contributed by atoms with Crippen molar-refractivity contribution in [3.8, 4) is 0 Å². The van der Waals surface area contributed by atoms with Gasteiger partial charge in [0.15, 0.2) is 5.69 Å². The van der Waals surface area contributed by atoms with Gasteiger partial charge in [0.1, 0.15) is 0 Å². The first-order chi connectivity index (χ1) is 8.10. The Morgan fingerprint density at radius 3 is 2.94 bits per heavy atom. The summed E-state index contributed by atoms with van der Waals surface area (Å²) in [5.41, 5.74) is 6.98. The number of anilines is 1. The van der Waals surface area contributed by atoms with Crippen LogP contribution in [0, 0.1) is 0 Å². The largest absolute Gasteiger partial charge is 0.395 e. The SMILES string of the molecule is CCc1[nH]nc(C(=O)NCC(O)COC)c1N. The number of carbonyl (C=O) groups is 1. The van der Waals surface area contributed by atoms with Crippen LogP contribution in [-0.4, -0.2) is 47.6 Å². The maximum absolute atomic E-state index is 11.7. The van der Waals surface area contributed by atoms with Crippen LogP contribution in [0.25, 0.3) is 0 Å². The van der Waals surface area contributed by atoms with Gasteiger partial charge in [-0.05, 0) is 6.42 Å². The monoisotopic (exact) mass is 242 g/mol. The number of H-pyrrole nitrogens is 1. The summed E-state index contributed by atoms with van der Waals surface area (Å²) >= 11 is 0. The number of methoxy groups -OCH3 is 1. The molecule has 5 N–H and O–H groups in total. The number of aromatic nitrogens is 2. The van der Waals surface area contributed by atoms with E-state index in [1.54, 1.807) is 0 Å². The van der Waals surface area contributed by atoms with Crippen LogP contribution in [0.3, 0.4) is 0 Å². The minimum absolute atomic E-state index is 0.0977. The van der Waals surface area contributed by atoms with E-state index in [0.717, 1.165) is 5.69 Å². The molecule has 0 saturated heterocycles. The van der Waals surface area contributed by atoms with E-state index in [9.17, 15) is 9.90 Å². The fourth-order valence-corrected chi connectivity index (χ4v) is 1.37. The van der Waals surface area contributed by atoms with E-state index >= 15 is 0 Å². The lowest BCUT2D eigenvalue weighted by molar-refractivity contribution is 0.0609. The van der Waals surface area contributed by atoms with Crippen molar-refractivity contribution in [2.45, 2.75) is 19.4 Å². The van der Waals surface area contributed by atoms with Crippen molar-refractivity contribution in [1.29, 1.82) is 0 Å². The molecule has 0 aromatic carbocycles. The number of nitrogen functional groups attached to an aromatic ring is 1. The molecule has 17 heavy (non-hydrogen) atoms. The Morgan fingerprint density at radius 1 is 1.71 bits per heavy atom. The Morgan fingerprint density at radius 2 is 2.41 bits per heavy atom. The number of aromatic amines is 1. The fourth-order valence-electron chi connectivity index (χ4n) is 1.37. The molecule has 7 nitrogen and oxygen atoms in total. The van der Waals surface area contributed by atoms with Gasteiger partial charge >= 0.3 is 0 Å². The molecular weight excluding hydrogens is 224 g/mol. The van der Waals surface area contributed by atoms with Crippen LogP contribution in [0.1, 0.15) is 23.1 Å². The van der Waals surface area contributed by atoms with Gasteiger partial charge < -0.3 is 20.9 Å². The van der Waals surface area contributed by atoms with Crippen molar-refractivity contribution in [3.05, 3.63) is 11.4 Å². The Labute approximate surface area is 99.3 Å². The highest BCUT2D eigenvalue weighted by Gasteiger charge is 2.16. The highest BCUT2D eigenvalue weighted by Crippen LogP contribution is 2.13. The van der Waals surface area contributed by atoms with Crippen LogP contribution in [0.4, 0.5) is 5.69 Å². The summed E-state index contributed by atoms with van der Waals surface area (Å²) in [5.74, 6) is -0.409. The highest BCUT2D eigenvalue weighted by atomic mass is 16.5. The molecule has 1 unspecified atom stereocenters. The second-order valence-electron chi connectivity index (χ2n) is 3.64. The molecule has 0 spiro atoms. The lowest BCUT2D eigenvalue weighted by Gasteiger charge is -2.09. The molecule has 7 heteroatoms. The van der Waals surface area contributed by atoms with E-state index in [2.05, 4.69) is 15.5 Å². The van der Waals surface area contributed by atoms with E-state index in [4.69, 9.17) is 10.5 Å². The number of hydrogen-bond acceptors (Lipinski definition) is 5. The lowest BCUT2D eigenvalue weighted by Crippen LogP contribution is -2.34. The van der Waals surface area contributed by atoms with Crippen LogP contribution in [0.15, 0.2) is 0 Å². The number of nitrogens with zero attached hydrogens (tertiary/aromatic N) is 1. The van der Waals surface area contributed by atoms with Crippen molar-refractivity contribution >= 4 is 11.6 Å². The van der Waals surface area contributed by atoms with Crippen molar-refractivity contribution in [2.24, 2.45) is 0 Å². The molecule has 0 radical (unpaired) electrons. The number of carbonyl (C=O) groups excluding carboxylic acids is 1. The van der Waals surface area contributed by atoms with Crippen LogP contribution in [0.5, 0.6) is 0 Å². The molecule has 0 aliphatic rings. The zero-order valence-electron chi connectivity index (χ0n) is 9.99. The molecule has 1 amide bonds. The van der Waals surface area contributed by atoms with Crippen LogP contribution in [0.2, 0.25) is 0 Å². The third kappa shape index (κ3) is 3.43. The number of aliphatic hydroxyl groups excluding tert-OH is 1. The number of nitrogens with two attached hydrogens (primary N) is 1. The van der Waals surface area contributed by atoms with Gasteiger partial charge in [-0.15, -0.1) is 0 Å². The Hall–Kier alpha value is -1.60. The minimum Gasteiger partial charge on any atom is -0.395 e. The van der Waals surface area contributed by atoms with Gasteiger partial charge in [-0.3, -0.25) is 9.89 Å².